The van der Waals surface area contributed by atoms with E-state index in [2.05, 4.69) is 31.8 Å². The first-order valence-electron chi connectivity index (χ1n) is 4.34. The molecular weight excluding hydrogens is 246 g/mol. The highest BCUT2D eigenvalue weighted by Gasteiger charge is 1.98. The highest BCUT2D eigenvalue weighted by Crippen LogP contribution is 1.82. The molecule has 0 bridgehead atoms. The molecule has 0 aromatic rings. The molecule has 0 aliphatic rings. The van der Waals surface area contributed by atoms with Crippen molar-refractivity contribution in [2.45, 2.75) is 13.8 Å². The number of rotatable bonds is 3. The Morgan fingerprint density at radius 3 is 1.81 bits per heavy atom. The lowest BCUT2D eigenvalue weighted by atomic mass is 10.3. The minimum atomic E-state index is 0.228. The van der Waals surface area contributed by atoms with Gasteiger partial charge in [-0.1, -0.05) is 0 Å². The van der Waals surface area contributed by atoms with Gasteiger partial charge in [-0.15, -0.1) is 0 Å². The first kappa shape index (κ1) is 14.7. The van der Waals surface area contributed by atoms with Crippen molar-refractivity contribution < 1.29 is 0 Å². The van der Waals surface area contributed by atoms with Crippen LogP contribution in [-0.2, 0) is 0 Å². The van der Waals surface area contributed by atoms with Crippen LogP contribution < -0.4 is 27.4 Å². The summed E-state index contributed by atoms with van der Waals surface area (Å²) in [5, 5.41) is 11.3. The van der Waals surface area contributed by atoms with Crippen LogP contribution in [-0.4, -0.2) is 28.7 Å². The molecule has 9 heteroatoms. The molecule has 0 saturated carbocycles. The minimum Gasteiger partial charge on any atom is -0.364 e. The van der Waals surface area contributed by atoms with Crippen LogP contribution >= 0.6 is 24.4 Å². The zero-order chi connectivity index (χ0) is 12.6. The normalized spacial score (nSPS) is 11.8. The summed E-state index contributed by atoms with van der Waals surface area (Å²) in [4.78, 5) is 0. The van der Waals surface area contributed by atoms with E-state index in [0.717, 1.165) is 0 Å². The van der Waals surface area contributed by atoms with Gasteiger partial charge in [0, 0.05) is 7.05 Å². The molecule has 0 fully saturated rings. The highest BCUT2D eigenvalue weighted by molar-refractivity contribution is 7.80. The zero-order valence-corrected chi connectivity index (χ0v) is 10.9. The van der Waals surface area contributed by atoms with Crippen LogP contribution in [0.15, 0.2) is 10.2 Å². The first-order valence-corrected chi connectivity index (χ1v) is 5.16. The van der Waals surface area contributed by atoms with Crippen molar-refractivity contribution in [1.29, 1.82) is 0 Å². The molecule has 0 radical (unpaired) electrons. The lowest BCUT2D eigenvalue weighted by molar-refractivity contribution is 0.925. The third kappa shape index (κ3) is 6.22. The molecule has 0 aromatic carbocycles. The van der Waals surface area contributed by atoms with Crippen LogP contribution in [0, 0.1) is 0 Å². The van der Waals surface area contributed by atoms with E-state index in [0.29, 0.717) is 16.5 Å². The lowest BCUT2D eigenvalue weighted by Gasteiger charge is -2.05. The Hall–Kier alpha value is -1.32. The molecule has 0 atom stereocenters. The molecule has 6 N–H and O–H groups in total. The van der Waals surface area contributed by atoms with Crippen molar-refractivity contribution >= 4 is 46.1 Å². The number of hydrogen-bond donors (Lipinski definition) is 5. The summed E-state index contributed by atoms with van der Waals surface area (Å²) in [7, 11) is 1.70. The summed E-state index contributed by atoms with van der Waals surface area (Å²) in [5.41, 5.74) is 8.76. The third-order valence-corrected chi connectivity index (χ3v) is 2.04. The van der Waals surface area contributed by atoms with Gasteiger partial charge in [-0.25, -0.2) is 5.84 Å². The molecule has 0 aromatic heterocycles. The number of thiocarbonyl (C=S) groups is 2. The maximum absolute atomic E-state index is 5.06. The van der Waals surface area contributed by atoms with Crippen molar-refractivity contribution in [3.63, 3.8) is 0 Å². The molecule has 90 valence electrons. The molecule has 16 heavy (non-hydrogen) atoms. The quantitative estimate of drug-likeness (QED) is 0.196. The highest BCUT2D eigenvalue weighted by atomic mass is 32.1. The number of nitrogens with zero attached hydrogens (tertiary/aromatic N) is 2. The van der Waals surface area contributed by atoms with Crippen molar-refractivity contribution in [3.8, 4) is 0 Å². The fraction of sp³-hybridized carbons (Fsp3) is 0.429. The lowest BCUT2D eigenvalue weighted by Crippen LogP contribution is -2.37. The van der Waals surface area contributed by atoms with Crippen LogP contribution in [0.3, 0.4) is 0 Å². The van der Waals surface area contributed by atoms with E-state index in [1.54, 1.807) is 20.9 Å². The zero-order valence-electron chi connectivity index (χ0n) is 9.29. The van der Waals surface area contributed by atoms with E-state index in [9.17, 15) is 0 Å². The van der Waals surface area contributed by atoms with Gasteiger partial charge in [0.1, 0.15) is 0 Å². The van der Waals surface area contributed by atoms with Crippen molar-refractivity contribution in [2.75, 3.05) is 7.05 Å². The van der Waals surface area contributed by atoms with Gasteiger partial charge in [-0.2, -0.15) is 10.2 Å². The maximum Gasteiger partial charge on any atom is 0.201 e. The summed E-state index contributed by atoms with van der Waals surface area (Å²) in [6.07, 6.45) is 0. The number of nitrogens with one attached hydrogen (secondary N) is 4. The Morgan fingerprint density at radius 1 is 1.00 bits per heavy atom. The molecule has 0 aliphatic heterocycles. The Labute approximate surface area is 105 Å². The molecule has 0 rings (SSSR count). The minimum absolute atomic E-state index is 0.228. The SMILES string of the molecule is CNC(=S)NN=C(C)C(C)=NNC(=S)NN. The predicted molar refractivity (Wildman–Crippen MR) is 74.1 cm³/mol. The molecule has 0 aliphatic carbocycles. The summed E-state index contributed by atoms with van der Waals surface area (Å²) < 4.78 is 0. The second kappa shape index (κ2) is 7.91. The summed E-state index contributed by atoms with van der Waals surface area (Å²) in [6.45, 7) is 3.56. The van der Waals surface area contributed by atoms with Gasteiger partial charge in [0.25, 0.3) is 0 Å². The standard InChI is InChI=1S/C7H15N7S2/c1-4(11-13-6(15)9-3)5(2)12-14-7(16)10-8/h8H2,1-3H3,(H2,9,13,15)(H2,10,14,16). The Morgan fingerprint density at radius 2 is 1.44 bits per heavy atom. The second-order valence-corrected chi connectivity index (χ2v) is 3.49. The van der Waals surface area contributed by atoms with Gasteiger partial charge < -0.3 is 5.32 Å². The largest absolute Gasteiger partial charge is 0.364 e. The summed E-state index contributed by atoms with van der Waals surface area (Å²) >= 11 is 9.60. The van der Waals surface area contributed by atoms with Crippen molar-refractivity contribution in [2.24, 2.45) is 16.0 Å². The molecule has 0 amide bonds. The predicted octanol–water partition coefficient (Wildman–Crippen LogP) is -0.830. The topological polar surface area (TPSA) is 98.9 Å². The average Bonchev–Trinajstić information content (AvgIpc) is 2.31. The van der Waals surface area contributed by atoms with Gasteiger partial charge in [0.2, 0.25) is 5.11 Å². The summed E-state index contributed by atoms with van der Waals surface area (Å²) in [6, 6.07) is 0. The molecule has 0 spiro atoms. The van der Waals surface area contributed by atoms with Gasteiger partial charge in [0.05, 0.1) is 11.4 Å². The number of hydrogen-bond acceptors (Lipinski definition) is 5. The summed E-state index contributed by atoms with van der Waals surface area (Å²) in [5.74, 6) is 5.06. The Kier molecular flexibility index (Phi) is 7.25. The molecule has 0 heterocycles. The number of hydrazine groups is 1. The maximum atomic E-state index is 5.06. The fourth-order valence-corrected chi connectivity index (χ4v) is 0.611. The second-order valence-electron chi connectivity index (χ2n) is 2.67. The van der Waals surface area contributed by atoms with Crippen LogP contribution in [0.25, 0.3) is 0 Å². The van der Waals surface area contributed by atoms with Crippen molar-refractivity contribution in [1.82, 2.24) is 21.6 Å². The van der Waals surface area contributed by atoms with Crippen molar-refractivity contribution in [3.05, 3.63) is 0 Å². The number of nitrogens with two attached hydrogens (primary N) is 1. The van der Waals surface area contributed by atoms with E-state index < -0.39 is 0 Å². The fourth-order valence-electron chi connectivity index (χ4n) is 0.519. The van der Waals surface area contributed by atoms with E-state index in [4.69, 9.17) is 30.3 Å². The van der Waals surface area contributed by atoms with Gasteiger partial charge in [-0.05, 0) is 38.3 Å². The smallest absolute Gasteiger partial charge is 0.201 e. The number of hydrazone groups is 2. The average molecular weight is 261 g/mol. The van der Waals surface area contributed by atoms with Gasteiger partial charge in [0.15, 0.2) is 5.11 Å². The van der Waals surface area contributed by atoms with E-state index in [1.807, 2.05) is 0 Å². The third-order valence-electron chi connectivity index (χ3n) is 1.53. The van der Waals surface area contributed by atoms with E-state index >= 15 is 0 Å². The molecule has 0 saturated heterocycles. The molecule has 0 unspecified atom stereocenters. The van der Waals surface area contributed by atoms with E-state index in [-0.39, 0.29) is 5.11 Å². The Bertz CT molecular complexity index is 291. The molecular formula is C7H15N7S2. The monoisotopic (exact) mass is 261 g/mol. The first-order chi connectivity index (χ1) is 7.51. The van der Waals surface area contributed by atoms with E-state index in [1.165, 1.54) is 0 Å². The van der Waals surface area contributed by atoms with Crippen LogP contribution in [0.4, 0.5) is 0 Å². The van der Waals surface area contributed by atoms with Gasteiger partial charge >= 0.3 is 0 Å². The Balaban J connectivity index is 4.30. The van der Waals surface area contributed by atoms with Crippen LogP contribution in [0.1, 0.15) is 13.8 Å². The van der Waals surface area contributed by atoms with Crippen LogP contribution in [0.5, 0.6) is 0 Å². The van der Waals surface area contributed by atoms with Crippen LogP contribution in [0.2, 0.25) is 0 Å². The molecule has 7 nitrogen and oxygen atoms in total. The van der Waals surface area contributed by atoms with Gasteiger partial charge in [-0.3, -0.25) is 16.3 Å².